The van der Waals surface area contributed by atoms with Crippen LogP contribution in [-0.4, -0.2) is 36.5 Å². The van der Waals surface area contributed by atoms with Gasteiger partial charge in [-0.05, 0) is 56.5 Å². The molecule has 2 atom stereocenters. The fourth-order valence-corrected chi connectivity index (χ4v) is 2.91. The number of rotatable bonds is 4. The Bertz CT molecular complexity index is 528. The summed E-state index contributed by atoms with van der Waals surface area (Å²) in [6.45, 7) is 6.83. The molecule has 0 spiro atoms. The van der Waals surface area contributed by atoms with Crippen LogP contribution in [0.25, 0.3) is 0 Å². The molecule has 0 radical (unpaired) electrons. The maximum atomic E-state index is 12.5. The lowest BCUT2D eigenvalue weighted by Crippen LogP contribution is -2.46. The summed E-state index contributed by atoms with van der Waals surface area (Å²) in [6, 6.07) is 4.52. The number of carbonyl (C=O) groups excluding carboxylic acids is 1. The summed E-state index contributed by atoms with van der Waals surface area (Å²) in [4.78, 5) is 14.4. The van der Waals surface area contributed by atoms with Gasteiger partial charge in [-0.2, -0.15) is 13.2 Å². The Morgan fingerprint density at radius 1 is 1.35 bits per heavy atom. The topological polar surface area (TPSA) is 32.3 Å². The van der Waals surface area contributed by atoms with Crippen LogP contribution in [0.1, 0.15) is 42.6 Å². The molecule has 1 fully saturated rings. The summed E-state index contributed by atoms with van der Waals surface area (Å²) >= 11 is 0. The lowest BCUT2D eigenvalue weighted by atomic mass is 9.99. The standard InChI is InChI=1S/C17H23F3N2O/c1-12-4-3-9-22(11-12)13(2)10-21-16(23)14-5-7-15(8-6-14)17(18,19)20/h5-8,12-13H,3-4,9-11H2,1-2H3,(H,21,23). The van der Waals surface area contributed by atoms with Crippen molar-refractivity contribution in [3.05, 3.63) is 35.4 Å². The maximum Gasteiger partial charge on any atom is 0.416 e. The molecule has 1 saturated heterocycles. The smallest absolute Gasteiger partial charge is 0.350 e. The maximum absolute atomic E-state index is 12.5. The average molecular weight is 328 g/mol. The van der Waals surface area contributed by atoms with Gasteiger partial charge in [0.15, 0.2) is 0 Å². The number of amides is 1. The van der Waals surface area contributed by atoms with Gasteiger partial charge in [0.25, 0.3) is 5.91 Å². The first-order valence-electron chi connectivity index (χ1n) is 7.97. The summed E-state index contributed by atoms with van der Waals surface area (Å²) in [5.41, 5.74) is -0.498. The van der Waals surface area contributed by atoms with Gasteiger partial charge in [0.1, 0.15) is 0 Å². The predicted octanol–water partition coefficient (Wildman–Crippen LogP) is 3.56. The van der Waals surface area contributed by atoms with Gasteiger partial charge < -0.3 is 5.32 Å². The van der Waals surface area contributed by atoms with Crippen molar-refractivity contribution in [3.8, 4) is 0 Å². The lowest BCUT2D eigenvalue weighted by Gasteiger charge is -2.35. The Labute approximate surface area is 134 Å². The van der Waals surface area contributed by atoms with Crippen LogP contribution < -0.4 is 5.32 Å². The normalized spacial score (nSPS) is 21.0. The fourth-order valence-electron chi connectivity index (χ4n) is 2.91. The minimum absolute atomic E-state index is 0.219. The average Bonchev–Trinajstić information content (AvgIpc) is 2.51. The van der Waals surface area contributed by atoms with Crippen LogP contribution in [-0.2, 0) is 6.18 Å². The molecule has 1 N–H and O–H groups in total. The highest BCUT2D eigenvalue weighted by Crippen LogP contribution is 2.29. The number of piperidine rings is 1. The molecule has 0 saturated carbocycles. The molecule has 6 heteroatoms. The molecule has 128 valence electrons. The van der Waals surface area contributed by atoms with E-state index in [2.05, 4.69) is 24.1 Å². The number of likely N-dealkylation sites (tertiary alicyclic amines) is 1. The van der Waals surface area contributed by atoms with Gasteiger partial charge in [-0.15, -0.1) is 0 Å². The number of benzene rings is 1. The fraction of sp³-hybridized carbons (Fsp3) is 0.588. The highest BCUT2D eigenvalue weighted by atomic mass is 19.4. The van der Waals surface area contributed by atoms with E-state index in [1.54, 1.807) is 0 Å². The van der Waals surface area contributed by atoms with E-state index >= 15 is 0 Å². The van der Waals surface area contributed by atoms with E-state index in [9.17, 15) is 18.0 Å². The molecule has 1 heterocycles. The molecule has 0 aromatic heterocycles. The Balaban J connectivity index is 1.87. The summed E-state index contributed by atoms with van der Waals surface area (Å²) in [5.74, 6) is 0.326. The molecule has 3 nitrogen and oxygen atoms in total. The van der Waals surface area contributed by atoms with Crippen molar-refractivity contribution in [1.82, 2.24) is 10.2 Å². The molecule has 1 aliphatic rings. The first kappa shape index (κ1) is 17.8. The Morgan fingerprint density at radius 2 is 2.00 bits per heavy atom. The monoisotopic (exact) mass is 328 g/mol. The van der Waals surface area contributed by atoms with Crippen LogP contribution in [0.4, 0.5) is 13.2 Å². The number of halogens is 3. The molecule has 2 unspecified atom stereocenters. The van der Waals surface area contributed by atoms with Crippen molar-refractivity contribution >= 4 is 5.91 Å². The van der Waals surface area contributed by atoms with E-state index < -0.39 is 11.7 Å². The second kappa shape index (κ2) is 7.34. The highest BCUT2D eigenvalue weighted by Gasteiger charge is 2.30. The molecular weight excluding hydrogens is 305 g/mol. The van der Waals surface area contributed by atoms with Gasteiger partial charge in [0.2, 0.25) is 0 Å². The second-order valence-corrected chi connectivity index (χ2v) is 6.38. The van der Waals surface area contributed by atoms with E-state index in [1.165, 1.54) is 25.0 Å². The van der Waals surface area contributed by atoms with Crippen molar-refractivity contribution in [2.75, 3.05) is 19.6 Å². The lowest BCUT2D eigenvalue weighted by molar-refractivity contribution is -0.137. The largest absolute Gasteiger partial charge is 0.416 e. The van der Waals surface area contributed by atoms with Crippen molar-refractivity contribution in [1.29, 1.82) is 0 Å². The minimum Gasteiger partial charge on any atom is -0.350 e. The Morgan fingerprint density at radius 3 is 2.57 bits per heavy atom. The zero-order valence-corrected chi connectivity index (χ0v) is 13.5. The Kier molecular flexibility index (Phi) is 5.68. The van der Waals surface area contributed by atoms with E-state index in [4.69, 9.17) is 0 Å². The highest BCUT2D eigenvalue weighted by molar-refractivity contribution is 5.94. The molecule has 1 amide bonds. The van der Waals surface area contributed by atoms with Crippen LogP contribution in [0.15, 0.2) is 24.3 Å². The number of hydrogen-bond acceptors (Lipinski definition) is 2. The quantitative estimate of drug-likeness (QED) is 0.917. The van der Waals surface area contributed by atoms with Gasteiger partial charge in [-0.1, -0.05) is 6.92 Å². The van der Waals surface area contributed by atoms with Gasteiger partial charge in [-0.25, -0.2) is 0 Å². The minimum atomic E-state index is -4.38. The molecule has 0 bridgehead atoms. The van der Waals surface area contributed by atoms with Crippen LogP contribution in [0.2, 0.25) is 0 Å². The van der Waals surface area contributed by atoms with Crippen LogP contribution in [0.3, 0.4) is 0 Å². The van der Waals surface area contributed by atoms with Crippen molar-refractivity contribution in [2.24, 2.45) is 5.92 Å². The first-order chi connectivity index (χ1) is 10.8. The van der Waals surface area contributed by atoms with E-state index in [-0.39, 0.29) is 17.5 Å². The molecular formula is C17H23F3N2O. The van der Waals surface area contributed by atoms with E-state index in [0.29, 0.717) is 12.5 Å². The Hall–Kier alpha value is -1.56. The number of nitrogens with one attached hydrogen (secondary N) is 1. The summed E-state index contributed by atoms with van der Waals surface area (Å²) < 4.78 is 37.5. The van der Waals surface area contributed by atoms with Crippen molar-refractivity contribution < 1.29 is 18.0 Å². The SMILES string of the molecule is CC1CCCN(C(C)CNC(=O)c2ccc(C(F)(F)F)cc2)C1. The number of alkyl halides is 3. The first-order valence-corrected chi connectivity index (χ1v) is 7.97. The van der Waals surface area contributed by atoms with Gasteiger partial charge in [0.05, 0.1) is 5.56 Å². The van der Waals surface area contributed by atoms with E-state index in [0.717, 1.165) is 25.2 Å². The molecule has 23 heavy (non-hydrogen) atoms. The van der Waals surface area contributed by atoms with Crippen molar-refractivity contribution in [2.45, 2.75) is 38.9 Å². The van der Waals surface area contributed by atoms with Crippen LogP contribution in [0.5, 0.6) is 0 Å². The third-order valence-corrected chi connectivity index (χ3v) is 4.34. The van der Waals surface area contributed by atoms with Crippen LogP contribution >= 0.6 is 0 Å². The molecule has 1 aliphatic heterocycles. The number of carbonyl (C=O) groups is 1. The summed E-state index contributed by atoms with van der Waals surface area (Å²) in [7, 11) is 0. The van der Waals surface area contributed by atoms with Gasteiger partial charge >= 0.3 is 6.18 Å². The summed E-state index contributed by atoms with van der Waals surface area (Å²) in [5, 5.41) is 2.81. The summed E-state index contributed by atoms with van der Waals surface area (Å²) in [6.07, 6.45) is -1.98. The third-order valence-electron chi connectivity index (χ3n) is 4.34. The molecule has 1 aromatic carbocycles. The second-order valence-electron chi connectivity index (χ2n) is 6.38. The molecule has 2 rings (SSSR count). The molecule has 0 aliphatic carbocycles. The zero-order valence-electron chi connectivity index (χ0n) is 13.5. The van der Waals surface area contributed by atoms with Crippen molar-refractivity contribution in [3.63, 3.8) is 0 Å². The van der Waals surface area contributed by atoms with Crippen LogP contribution in [0, 0.1) is 5.92 Å². The molecule has 1 aromatic rings. The third kappa shape index (κ3) is 4.96. The predicted molar refractivity (Wildman–Crippen MR) is 83.2 cm³/mol. The van der Waals surface area contributed by atoms with Gasteiger partial charge in [-0.3, -0.25) is 9.69 Å². The van der Waals surface area contributed by atoms with E-state index in [1.807, 2.05) is 0 Å². The number of nitrogens with zero attached hydrogens (tertiary/aromatic N) is 1. The number of hydrogen-bond donors (Lipinski definition) is 1. The van der Waals surface area contributed by atoms with Gasteiger partial charge in [0, 0.05) is 24.7 Å². The zero-order chi connectivity index (χ0) is 17.0.